The van der Waals surface area contributed by atoms with E-state index in [1.54, 1.807) is 14.2 Å². The van der Waals surface area contributed by atoms with Gasteiger partial charge in [0.2, 0.25) is 0 Å². The van der Waals surface area contributed by atoms with Gasteiger partial charge in [0.15, 0.2) is 28.4 Å². The number of benzene rings is 3. The van der Waals surface area contributed by atoms with E-state index >= 15 is 0 Å². The first-order valence-electron chi connectivity index (χ1n) is 12.0. The van der Waals surface area contributed by atoms with Gasteiger partial charge in [-0.3, -0.25) is 9.36 Å². The van der Waals surface area contributed by atoms with Gasteiger partial charge in [0.1, 0.15) is 23.0 Å². The van der Waals surface area contributed by atoms with E-state index in [1.165, 1.54) is 11.8 Å². The Kier molecular flexibility index (Phi) is 8.99. The minimum Gasteiger partial charge on any atom is -0.493 e. The molecule has 10 heteroatoms. The van der Waals surface area contributed by atoms with E-state index in [0.717, 1.165) is 17.0 Å². The number of carbonyl (C=O) groups excluding carboxylic acids is 1. The van der Waals surface area contributed by atoms with Crippen molar-refractivity contribution in [3.63, 3.8) is 0 Å². The van der Waals surface area contributed by atoms with Crippen molar-refractivity contribution in [1.29, 1.82) is 5.26 Å². The number of ether oxygens (including phenoxy) is 3. The number of carbonyl (C=O) groups is 1. The lowest BCUT2D eigenvalue weighted by atomic mass is 10.1. The third-order valence-electron chi connectivity index (χ3n) is 5.79. The number of para-hydroxylation sites is 1. The van der Waals surface area contributed by atoms with Crippen LogP contribution in [0.3, 0.4) is 0 Å². The van der Waals surface area contributed by atoms with Crippen LogP contribution >= 0.6 is 11.8 Å². The minimum absolute atomic E-state index is 0.0243. The Morgan fingerprint density at radius 2 is 1.72 bits per heavy atom. The molecule has 39 heavy (non-hydrogen) atoms. The number of hydrogen-bond acceptors (Lipinski definition) is 8. The van der Waals surface area contributed by atoms with Crippen LogP contribution in [0.15, 0.2) is 90.2 Å². The van der Waals surface area contributed by atoms with Crippen LogP contribution in [0.5, 0.6) is 23.0 Å². The molecule has 0 amide bonds. The average molecular weight is 543 g/mol. The van der Waals surface area contributed by atoms with Gasteiger partial charge >= 0.3 is 0 Å². The van der Waals surface area contributed by atoms with Gasteiger partial charge in [-0.05, 0) is 60.7 Å². The number of aromatic nitrogens is 3. The van der Waals surface area contributed by atoms with Gasteiger partial charge in [0, 0.05) is 12.1 Å². The standard InChI is InChI=1S/C29H27N5O4S/c1-19(31)24(17-30)25(35)18-39-29-33-32-28(16-20-9-14-26(36-2)27(15-20)37-3)34(29)21-10-12-23(13-11-21)38-22-7-5-4-6-8-22/h4-15,24H,1,16,18,31H2,2-3H3/p+1/t24-/m0/s1. The van der Waals surface area contributed by atoms with Crippen LogP contribution in [0.25, 0.3) is 5.69 Å². The van der Waals surface area contributed by atoms with Crippen molar-refractivity contribution >= 4 is 17.5 Å². The van der Waals surface area contributed by atoms with E-state index in [2.05, 4.69) is 22.5 Å². The third-order valence-corrected chi connectivity index (χ3v) is 6.74. The Balaban J connectivity index is 1.65. The second kappa shape index (κ2) is 12.8. The van der Waals surface area contributed by atoms with Crippen molar-refractivity contribution in [1.82, 2.24) is 14.8 Å². The number of allylic oxidation sites excluding steroid dienone is 1. The summed E-state index contributed by atoms with van der Waals surface area (Å²) >= 11 is 1.21. The Morgan fingerprint density at radius 1 is 1.03 bits per heavy atom. The van der Waals surface area contributed by atoms with Crippen LogP contribution < -0.4 is 19.9 Å². The number of rotatable bonds is 12. The summed E-state index contributed by atoms with van der Waals surface area (Å²) in [5, 5.41) is 18.7. The van der Waals surface area contributed by atoms with Crippen LogP contribution in [0, 0.1) is 17.2 Å². The van der Waals surface area contributed by atoms with E-state index in [4.69, 9.17) is 14.2 Å². The summed E-state index contributed by atoms with van der Waals surface area (Å²) in [6.45, 7) is 3.66. The number of ketones is 1. The summed E-state index contributed by atoms with van der Waals surface area (Å²) < 4.78 is 18.6. The molecular weight excluding hydrogens is 514 g/mol. The minimum atomic E-state index is -0.963. The molecule has 3 aromatic carbocycles. The number of Topliss-reactive ketones (excluding diaryl/α,β-unsaturated/α-hetero) is 1. The second-order valence-electron chi connectivity index (χ2n) is 8.48. The molecule has 0 aliphatic carbocycles. The average Bonchev–Trinajstić information content (AvgIpc) is 3.35. The topological polar surface area (TPSA) is 127 Å². The highest BCUT2D eigenvalue weighted by Crippen LogP contribution is 2.31. The molecule has 0 aliphatic rings. The summed E-state index contributed by atoms with van der Waals surface area (Å²) in [5.41, 5.74) is 5.66. The van der Waals surface area contributed by atoms with Crippen LogP contribution in [0.4, 0.5) is 0 Å². The molecule has 0 aliphatic heterocycles. The smallest absolute Gasteiger partial charge is 0.196 e. The first kappa shape index (κ1) is 27.4. The maximum Gasteiger partial charge on any atom is 0.196 e. The van der Waals surface area contributed by atoms with Gasteiger partial charge in [0.05, 0.1) is 26.0 Å². The molecule has 1 atom stereocenters. The lowest BCUT2D eigenvalue weighted by Crippen LogP contribution is -2.51. The van der Waals surface area contributed by atoms with Crippen molar-refractivity contribution in [2.45, 2.75) is 11.6 Å². The zero-order chi connectivity index (χ0) is 27.8. The predicted molar refractivity (Wildman–Crippen MR) is 147 cm³/mol. The van der Waals surface area contributed by atoms with Crippen molar-refractivity contribution < 1.29 is 24.7 Å². The highest BCUT2D eigenvalue weighted by Gasteiger charge is 2.24. The number of thioether (sulfide) groups is 1. The number of methoxy groups -OCH3 is 2. The van der Waals surface area contributed by atoms with E-state index in [1.807, 2.05) is 83.4 Å². The Bertz CT molecular complexity index is 1500. The van der Waals surface area contributed by atoms with E-state index < -0.39 is 5.92 Å². The van der Waals surface area contributed by atoms with Crippen LogP contribution in [-0.2, 0) is 11.2 Å². The molecule has 1 heterocycles. The molecule has 9 nitrogen and oxygen atoms in total. The van der Waals surface area contributed by atoms with Crippen molar-refractivity contribution in [2.75, 3.05) is 20.0 Å². The molecule has 1 aromatic heterocycles. The number of nitriles is 1. The molecule has 0 spiro atoms. The zero-order valence-electron chi connectivity index (χ0n) is 21.7. The lowest BCUT2D eigenvalue weighted by Gasteiger charge is -2.13. The van der Waals surface area contributed by atoms with Gasteiger partial charge in [-0.1, -0.05) is 36.0 Å². The van der Waals surface area contributed by atoms with Crippen molar-refractivity contribution in [2.24, 2.45) is 5.92 Å². The van der Waals surface area contributed by atoms with E-state index in [9.17, 15) is 10.1 Å². The molecule has 4 rings (SSSR count). The molecule has 4 aromatic rings. The first-order chi connectivity index (χ1) is 18.9. The molecule has 0 saturated carbocycles. The largest absolute Gasteiger partial charge is 0.493 e. The fourth-order valence-corrected chi connectivity index (χ4v) is 4.72. The Hall–Kier alpha value is -4.59. The number of nitrogens with zero attached hydrogens (tertiary/aromatic N) is 4. The first-order valence-corrected chi connectivity index (χ1v) is 13.0. The van der Waals surface area contributed by atoms with E-state index in [0.29, 0.717) is 34.7 Å². The summed E-state index contributed by atoms with van der Waals surface area (Å²) in [5.74, 6) is 2.08. The molecule has 198 valence electrons. The molecule has 0 fully saturated rings. The molecule has 0 bridgehead atoms. The Morgan fingerprint density at radius 3 is 2.36 bits per heavy atom. The maximum atomic E-state index is 12.6. The van der Waals surface area contributed by atoms with Gasteiger partial charge in [-0.25, -0.2) is 0 Å². The predicted octanol–water partition coefficient (Wildman–Crippen LogP) is 4.22. The number of hydrogen-bond donors (Lipinski definition) is 1. The number of quaternary nitrogens is 1. The van der Waals surface area contributed by atoms with Crippen LogP contribution in [-0.4, -0.2) is 40.5 Å². The van der Waals surface area contributed by atoms with Crippen molar-refractivity contribution in [3.05, 3.63) is 96.5 Å². The maximum absolute atomic E-state index is 12.6. The van der Waals surface area contributed by atoms with Crippen LogP contribution in [0.2, 0.25) is 0 Å². The van der Waals surface area contributed by atoms with Gasteiger partial charge in [-0.15, -0.1) is 10.2 Å². The van der Waals surface area contributed by atoms with Crippen molar-refractivity contribution in [3.8, 4) is 34.8 Å². The van der Waals surface area contributed by atoms with E-state index in [-0.39, 0.29) is 17.2 Å². The fourth-order valence-electron chi connectivity index (χ4n) is 3.84. The quantitative estimate of drug-likeness (QED) is 0.264. The summed E-state index contributed by atoms with van der Waals surface area (Å²) in [4.78, 5) is 12.6. The Labute approximate surface area is 230 Å². The normalized spacial score (nSPS) is 11.3. The molecule has 0 unspecified atom stereocenters. The summed E-state index contributed by atoms with van der Waals surface area (Å²) in [6, 6.07) is 24.7. The summed E-state index contributed by atoms with van der Waals surface area (Å²) in [7, 11) is 3.18. The van der Waals surface area contributed by atoms with Gasteiger partial charge in [-0.2, -0.15) is 5.26 Å². The molecule has 3 N–H and O–H groups in total. The SMILES string of the molecule is C=C([NH3+])[C@H](C#N)C(=O)CSc1nnc(Cc2ccc(OC)c(OC)c2)n1-c1ccc(Oc2ccccc2)cc1. The summed E-state index contributed by atoms with van der Waals surface area (Å²) in [6.07, 6.45) is 0.445. The molecule has 0 radical (unpaired) electrons. The molecule has 0 saturated heterocycles. The third kappa shape index (κ3) is 6.65. The lowest BCUT2D eigenvalue weighted by molar-refractivity contribution is -0.309. The molecular formula is C29H28N5O4S+. The van der Waals surface area contributed by atoms with Crippen LogP contribution in [0.1, 0.15) is 11.4 Å². The van der Waals surface area contributed by atoms with Gasteiger partial charge in [0.25, 0.3) is 0 Å². The second-order valence-corrected chi connectivity index (χ2v) is 9.43. The highest BCUT2D eigenvalue weighted by atomic mass is 32.2. The monoisotopic (exact) mass is 542 g/mol. The zero-order valence-corrected chi connectivity index (χ0v) is 22.5. The fraction of sp³-hybridized carbons (Fsp3) is 0.172. The van der Waals surface area contributed by atoms with Gasteiger partial charge < -0.3 is 19.9 Å². The highest BCUT2D eigenvalue weighted by molar-refractivity contribution is 7.99.